The van der Waals surface area contributed by atoms with Crippen LogP contribution < -0.4 is 0 Å². The van der Waals surface area contributed by atoms with Crippen molar-refractivity contribution in [3.05, 3.63) is 251 Å². The van der Waals surface area contributed by atoms with Gasteiger partial charge in [-0.25, -0.2) is 0 Å². The third-order valence-electron chi connectivity index (χ3n) is 9.44. The molecule has 0 saturated carbocycles. The van der Waals surface area contributed by atoms with Gasteiger partial charge in [-0.15, -0.1) is 0 Å². The fourth-order valence-corrected chi connectivity index (χ4v) is 6.77. The summed E-state index contributed by atoms with van der Waals surface area (Å²) in [5, 5.41) is 0. The van der Waals surface area contributed by atoms with Gasteiger partial charge in [-0.05, 0) is 51.6 Å². The molecule has 2 nitrogen and oxygen atoms in total. The largest absolute Gasteiger partial charge is 0.277 e. The van der Waals surface area contributed by atoms with Crippen molar-refractivity contribution in [3.63, 3.8) is 0 Å². The average Bonchev–Trinajstić information content (AvgIpc) is 3.23. The van der Waals surface area contributed by atoms with Gasteiger partial charge in [0.15, 0.2) is 0 Å². The summed E-state index contributed by atoms with van der Waals surface area (Å²) in [4.78, 5) is 4.93. The fraction of sp³-hybridized carbons (Fsp3) is 0.115. The van der Waals surface area contributed by atoms with Crippen LogP contribution in [0.2, 0.25) is 0 Å². The van der Waals surface area contributed by atoms with E-state index in [0.29, 0.717) is 0 Å². The van der Waals surface area contributed by atoms with Crippen molar-refractivity contribution >= 4 is 0 Å². The van der Waals surface area contributed by atoms with Crippen molar-refractivity contribution in [1.29, 1.82) is 0 Å². The fourth-order valence-electron chi connectivity index (χ4n) is 6.77. The standard InChI is InChI=1S/C52H44N2/c1-7-20-45(21-8-1)39-53(40-46-22-9-2-10-23-46)51(49-30-15-5-16-31-49)36-34-43-28-19-29-44(38-43)35-37-52(50-32-17-6-18-33-50)54(41-47-24-11-3-12-25-47)42-48-26-13-4-14-27-48/h1-33,38,51-52H,39-42H2. The van der Waals surface area contributed by atoms with Crippen LogP contribution >= 0.6 is 0 Å². The molecule has 7 aromatic rings. The van der Waals surface area contributed by atoms with Crippen LogP contribution in [0.5, 0.6) is 0 Å². The lowest BCUT2D eigenvalue weighted by molar-refractivity contribution is 0.219. The highest BCUT2D eigenvalue weighted by atomic mass is 15.2. The SMILES string of the molecule is C(#CC(c1ccccc1)N(Cc1ccccc1)Cc1ccccc1)c1cccc(C#CC(c2ccccc2)N(Cc2ccccc2)Cc2ccccc2)c1. The summed E-state index contributed by atoms with van der Waals surface area (Å²) < 4.78 is 0. The van der Waals surface area contributed by atoms with Crippen molar-refractivity contribution in [2.24, 2.45) is 0 Å². The summed E-state index contributed by atoms with van der Waals surface area (Å²) in [6.07, 6.45) is 0. The van der Waals surface area contributed by atoms with Gasteiger partial charge in [0.2, 0.25) is 0 Å². The Labute approximate surface area is 321 Å². The molecule has 0 aromatic heterocycles. The van der Waals surface area contributed by atoms with Gasteiger partial charge in [-0.3, -0.25) is 9.80 Å². The van der Waals surface area contributed by atoms with Gasteiger partial charge in [0.1, 0.15) is 0 Å². The van der Waals surface area contributed by atoms with Crippen LogP contribution in [0.4, 0.5) is 0 Å². The van der Waals surface area contributed by atoms with Crippen molar-refractivity contribution in [3.8, 4) is 23.7 Å². The Hall–Kier alpha value is -6.42. The Balaban J connectivity index is 1.22. The summed E-state index contributed by atoms with van der Waals surface area (Å²) in [5.74, 6) is 14.6. The molecule has 0 radical (unpaired) electrons. The predicted molar refractivity (Wildman–Crippen MR) is 223 cm³/mol. The van der Waals surface area contributed by atoms with Gasteiger partial charge in [0.25, 0.3) is 0 Å². The third kappa shape index (κ3) is 10.3. The second kappa shape index (κ2) is 18.9. The molecular weight excluding hydrogens is 653 g/mol. The maximum Gasteiger partial charge on any atom is 0.0980 e. The molecule has 0 amide bonds. The highest BCUT2D eigenvalue weighted by Gasteiger charge is 2.21. The second-order valence-corrected chi connectivity index (χ2v) is 13.5. The molecule has 2 atom stereocenters. The zero-order chi connectivity index (χ0) is 36.6. The maximum absolute atomic E-state index is 3.70. The Morgan fingerprint density at radius 1 is 0.315 bits per heavy atom. The number of hydrogen-bond donors (Lipinski definition) is 0. The van der Waals surface area contributed by atoms with E-state index >= 15 is 0 Å². The first-order valence-corrected chi connectivity index (χ1v) is 18.6. The Morgan fingerprint density at radius 3 is 0.889 bits per heavy atom. The normalized spacial score (nSPS) is 11.9. The molecule has 0 aliphatic rings. The van der Waals surface area contributed by atoms with E-state index in [1.807, 2.05) is 0 Å². The zero-order valence-corrected chi connectivity index (χ0v) is 30.5. The number of nitrogens with zero attached hydrogens (tertiary/aromatic N) is 2. The molecule has 0 aliphatic heterocycles. The first kappa shape index (κ1) is 36.0. The molecule has 2 unspecified atom stereocenters. The average molecular weight is 697 g/mol. The zero-order valence-electron chi connectivity index (χ0n) is 30.5. The smallest absolute Gasteiger partial charge is 0.0980 e. The number of benzene rings is 7. The van der Waals surface area contributed by atoms with Gasteiger partial charge in [-0.1, -0.05) is 212 Å². The van der Waals surface area contributed by atoms with E-state index in [1.54, 1.807) is 0 Å². The van der Waals surface area contributed by atoms with Crippen LogP contribution in [-0.4, -0.2) is 9.80 Å². The molecule has 262 valence electrons. The molecular formula is C52H44N2. The second-order valence-electron chi connectivity index (χ2n) is 13.5. The van der Waals surface area contributed by atoms with Crippen molar-refractivity contribution in [2.45, 2.75) is 38.3 Å². The summed E-state index contributed by atoms with van der Waals surface area (Å²) >= 11 is 0. The minimum Gasteiger partial charge on any atom is -0.277 e. The summed E-state index contributed by atoms with van der Waals surface area (Å²) in [7, 11) is 0. The molecule has 7 rings (SSSR count). The maximum atomic E-state index is 3.70. The van der Waals surface area contributed by atoms with Gasteiger partial charge in [0.05, 0.1) is 12.1 Å². The van der Waals surface area contributed by atoms with E-state index in [2.05, 4.69) is 240 Å². The third-order valence-corrected chi connectivity index (χ3v) is 9.44. The van der Waals surface area contributed by atoms with E-state index in [1.165, 1.54) is 33.4 Å². The minimum atomic E-state index is -0.117. The Morgan fingerprint density at radius 2 is 0.593 bits per heavy atom. The van der Waals surface area contributed by atoms with Crippen LogP contribution in [0, 0.1) is 23.7 Å². The molecule has 2 heteroatoms. The quantitative estimate of drug-likeness (QED) is 0.117. The van der Waals surface area contributed by atoms with Crippen LogP contribution in [0.3, 0.4) is 0 Å². The van der Waals surface area contributed by atoms with Crippen molar-refractivity contribution in [1.82, 2.24) is 9.80 Å². The highest BCUT2D eigenvalue weighted by Crippen LogP contribution is 2.27. The van der Waals surface area contributed by atoms with Gasteiger partial charge < -0.3 is 0 Å². The van der Waals surface area contributed by atoms with Crippen molar-refractivity contribution < 1.29 is 0 Å². The van der Waals surface area contributed by atoms with Gasteiger partial charge >= 0.3 is 0 Å². The summed E-state index contributed by atoms with van der Waals surface area (Å²) in [5.41, 5.74) is 9.29. The van der Waals surface area contributed by atoms with Crippen LogP contribution in [0.15, 0.2) is 206 Å². The van der Waals surface area contributed by atoms with E-state index in [4.69, 9.17) is 0 Å². The van der Waals surface area contributed by atoms with Gasteiger partial charge in [0, 0.05) is 37.3 Å². The van der Waals surface area contributed by atoms with E-state index in [9.17, 15) is 0 Å². The molecule has 0 saturated heterocycles. The van der Waals surface area contributed by atoms with Crippen LogP contribution in [0.25, 0.3) is 0 Å². The van der Waals surface area contributed by atoms with Gasteiger partial charge in [-0.2, -0.15) is 0 Å². The predicted octanol–water partition coefficient (Wildman–Crippen LogP) is 11.3. The first-order valence-electron chi connectivity index (χ1n) is 18.6. The summed E-state index contributed by atoms with van der Waals surface area (Å²) in [6, 6.07) is 72.1. The topological polar surface area (TPSA) is 6.48 Å². The molecule has 54 heavy (non-hydrogen) atoms. The molecule has 0 spiro atoms. The molecule has 0 heterocycles. The molecule has 0 N–H and O–H groups in total. The minimum absolute atomic E-state index is 0.117. The molecule has 0 fully saturated rings. The number of rotatable bonds is 12. The van der Waals surface area contributed by atoms with E-state index in [0.717, 1.165) is 37.3 Å². The molecule has 0 aliphatic carbocycles. The lowest BCUT2D eigenvalue weighted by Gasteiger charge is -2.29. The van der Waals surface area contributed by atoms with Crippen LogP contribution in [-0.2, 0) is 26.2 Å². The van der Waals surface area contributed by atoms with E-state index in [-0.39, 0.29) is 12.1 Å². The van der Waals surface area contributed by atoms with Crippen molar-refractivity contribution in [2.75, 3.05) is 0 Å². The number of hydrogen-bond acceptors (Lipinski definition) is 2. The molecule has 7 aromatic carbocycles. The Bertz CT molecular complexity index is 2040. The highest BCUT2D eigenvalue weighted by molar-refractivity contribution is 5.46. The monoisotopic (exact) mass is 696 g/mol. The van der Waals surface area contributed by atoms with Crippen LogP contribution in [0.1, 0.15) is 56.6 Å². The van der Waals surface area contributed by atoms with E-state index < -0.39 is 0 Å². The Kier molecular flexibility index (Phi) is 12.6. The first-order chi connectivity index (χ1) is 26.8. The lowest BCUT2D eigenvalue weighted by atomic mass is 10.0. The lowest BCUT2D eigenvalue weighted by Crippen LogP contribution is -2.27. The summed E-state index contributed by atoms with van der Waals surface area (Å²) in [6.45, 7) is 3.11. The molecule has 0 bridgehead atoms.